The maximum absolute atomic E-state index is 11.7. The van der Waals surface area contributed by atoms with Crippen molar-refractivity contribution in [1.29, 1.82) is 0 Å². The van der Waals surface area contributed by atoms with Gasteiger partial charge in [0.2, 0.25) is 0 Å². The molecular formula is C21H27N9O. The second kappa shape index (κ2) is 9.52. The Bertz CT molecular complexity index is 1110. The van der Waals surface area contributed by atoms with E-state index in [2.05, 4.69) is 40.5 Å². The number of anilines is 2. The molecule has 3 aromatic rings. The molecule has 10 heteroatoms. The van der Waals surface area contributed by atoms with Gasteiger partial charge in [0.05, 0.1) is 17.1 Å². The number of hydrogen-bond acceptors (Lipinski definition) is 7. The second-order valence-electron chi connectivity index (χ2n) is 7.13. The molecule has 4 heterocycles. The molecule has 0 saturated carbocycles. The van der Waals surface area contributed by atoms with Crippen molar-refractivity contribution in [3.63, 3.8) is 0 Å². The highest BCUT2D eigenvalue weighted by Crippen LogP contribution is 2.22. The number of rotatable bonds is 6. The van der Waals surface area contributed by atoms with Crippen LogP contribution in [0.15, 0.2) is 43.0 Å². The molecule has 1 fully saturated rings. The van der Waals surface area contributed by atoms with Gasteiger partial charge in [-0.2, -0.15) is 5.10 Å². The smallest absolute Gasteiger partial charge is 0.320 e. The summed E-state index contributed by atoms with van der Waals surface area (Å²) in [5, 5.41) is 9.50. The fourth-order valence-corrected chi connectivity index (χ4v) is 3.48. The van der Waals surface area contributed by atoms with Crippen molar-refractivity contribution >= 4 is 17.5 Å². The zero-order valence-electron chi connectivity index (χ0n) is 20.3. The zero-order valence-corrected chi connectivity index (χ0v) is 17.3. The van der Waals surface area contributed by atoms with Crippen molar-refractivity contribution in [2.45, 2.75) is 20.3 Å². The van der Waals surface area contributed by atoms with Crippen LogP contribution in [0.2, 0.25) is 0 Å². The lowest BCUT2D eigenvalue weighted by Gasteiger charge is -2.36. The number of amides is 2. The standard InChI is InChI=1S/C21H27N9O/c1-3-22-21(31)27-19-13-17(23-15-24-19)14-28-9-11-29(12-10-28)18-5-6-20(26-16(18)2)30-8-4-7-25-30/h4-8,13,15H,3,9-12,14H2,1-2H3,(H2,22,23,24,27,31)/i2D3. The van der Waals surface area contributed by atoms with Crippen molar-refractivity contribution in [1.82, 2.24) is 34.9 Å². The summed E-state index contributed by atoms with van der Waals surface area (Å²) in [6.45, 7) is 3.39. The molecule has 1 aliphatic heterocycles. The molecule has 10 nitrogen and oxygen atoms in total. The SMILES string of the molecule is [2H]C([2H])([2H])c1nc(-n2cccn2)ccc1N1CCN(Cc2cc(NC(=O)NCC)ncn2)CC1. The van der Waals surface area contributed by atoms with Crippen LogP contribution in [0, 0.1) is 6.85 Å². The van der Waals surface area contributed by atoms with Gasteiger partial charge >= 0.3 is 6.03 Å². The van der Waals surface area contributed by atoms with Gasteiger partial charge in [0, 0.05) is 61.8 Å². The van der Waals surface area contributed by atoms with Crippen molar-refractivity contribution in [2.24, 2.45) is 0 Å². The molecule has 1 aliphatic rings. The monoisotopic (exact) mass is 424 g/mol. The minimum atomic E-state index is -2.34. The quantitative estimate of drug-likeness (QED) is 0.622. The molecule has 0 unspecified atom stereocenters. The number of nitrogens with zero attached hydrogens (tertiary/aromatic N) is 7. The number of aromatic nitrogens is 5. The third-order valence-corrected chi connectivity index (χ3v) is 5.00. The normalized spacial score (nSPS) is 16.3. The number of urea groups is 1. The Morgan fingerprint density at radius 3 is 2.84 bits per heavy atom. The summed E-state index contributed by atoms with van der Waals surface area (Å²) < 4.78 is 25.5. The summed E-state index contributed by atoms with van der Waals surface area (Å²) in [5.41, 5.74) is 1.49. The summed E-state index contributed by atoms with van der Waals surface area (Å²) in [6.07, 6.45) is 4.79. The van der Waals surface area contributed by atoms with E-state index in [1.807, 2.05) is 13.0 Å². The zero-order chi connectivity index (χ0) is 24.1. The van der Waals surface area contributed by atoms with E-state index in [0.717, 1.165) is 18.8 Å². The summed E-state index contributed by atoms with van der Waals surface area (Å²) >= 11 is 0. The molecule has 0 radical (unpaired) electrons. The van der Waals surface area contributed by atoms with Gasteiger partial charge in [0.25, 0.3) is 0 Å². The van der Waals surface area contributed by atoms with E-state index in [9.17, 15) is 4.79 Å². The maximum Gasteiger partial charge on any atom is 0.320 e. The Morgan fingerprint density at radius 2 is 2.10 bits per heavy atom. The Balaban J connectivity index is 1.42. The number of carbonyl (C=O) groups is 1. The van der Waals surface area contributed by atoms with Gasteiger partial charge in [0.1, 0.15) is 12.1 Å². The molecule has 0 atom stereocenters. The molecule has 162 valence electrons. The summed E-state index contributed by atoms with van der Waals surface area (Å²) in [4.78, 5) is 28.8. The largest absolute Gasteiger partial charge is 0.368 e. The van der Waals surface area contributed by atoms with Crippen LogP contribution in [-0.2, 0) is 6.54 Å². The first kappa shape index (κ1) is 17.2. The van der Waals surface area contributed by atoms with Crippen molar-refractivity contribution in [2.75, 3.05) is 42.9 Å². The fraction of sp³-hybridized carbons (Fsp3) is 0.381. The highest BCUT2D eigenvalue weighted by Gasteiger charge is 2.20. The fourth-order valence-electron chi connectivity index (χ4n) is 3.48. The van der Waals surface area contributed by atoms with Gasteiger partial charge in [-0.25, -0.2) is 24.4 Å². The average molecular weight is 425 g/mol. The number of carbonyl (C=O) groups excluding carboxylic acids is 1. The van der Waals surface area contributed by atoms with Crippen LogP contribution in [0.25, 0.3) is 5.82 Å². The summed E-state index contributed by atoms with van der Waals surface area (Å²) in [6, 6.07) is 6.81. The molecular weight excluding hydrogens is 394 g/mol. The van der Waals surface area contributed by atoms with E-state index >= 15 is 0 Å². The van der Waals surface area contributed by atoms with Crippen LogP contribution in [-0.4, -0.2) is 68.4 Å². The van der Waals surface area contributed by atoms with E-state index in [-0.39, 0.29) is 11.7 Å². The van der Waals surface area contributed by atoms with Crippen LogP contribution in [0.3, 0.4) is 0 Å². The van der Waals surface area contributed by atoms with Crippen LogP contribution < -0.4 is 15.5 Å². The van der Waals surface area contributed by atoms with Gasteiger partial charge < -0.3 is 10.2 Å². The summed E-state index contributed by atoms with van der Waals surface area (Å²) in [5.74, 6) is 0.916. The first-order valence-electron chi connectivity index (χ1n) is 11.7. The van der Waals surface area contributed by atoms with Gasteiger partial charge in [-0.1, -0.05) is 0 Å². The molecule has 0 aliphatic carbocycles. The van der Waals surface area contributed by atoms with E-state index in [1.54, 1.807) is 35.3 Å². The molecule has 2 amide bonds. The molecule has 0 spiro atoms. The first-order chi connectivity index (χ1) is 16.3. The average Bonchev–Trinajstić information content (AvgIpc) is 3.34. The van der Waals surface area contributed by atoms with E-state index < -0.39 is 6.85 Å². The number of aryl methyl sites for hydroxylation is 1. The molecule has 0 bridgehead atoms. The predicted molar refractivity (Wildman–Crippen MR) is 118 cm³/mol. The van der Waals surface area contributed by atoms with Gasteiger partial charge in [0.15, 0.2) is 5.82 Å². The van der Waals surface area contributed by atoms with Crippen LogP contribution in [0.4, 0.5) is 16.3 Å². The summed E-state index contributed by atoms with van der Waals surface area (Å²) in [7, 11) is 0. The molecule has 1 saturated heterocycles. The lowest BCUT2D eigenvalue weighted by atomic mass is 10.2. The van der Waals surface area contributed by atoms with Crippen molar-refractivity contribution in [3.05, 3.63) is 54.4 Å². The van der Waals surface area contributed by atoms with Crippen molar-refractivity contribution < 1.29 is 8.91 Å². The predicted octanol–water partition coefficient (Wildman–Crippen LogP) is 1.83. The Hall–Kier alpha value is -3.53. The molecule has 3 aromatic heterocycles. The lowest BCUT2D eigenvalue weighted by Crippen LogP contribution is -2.46. The van der Waals surface area contributed by atoms with E-state index in [0.29, 0.717) is 43.5 Å². The third-order valence-electron chi connectivity index (χ3n) is 5.00. The van der Waals surface area contributed by atoms with Gasteiger partial charge in [-0.05, 0) is 32.0 Å². The first-order valence-corrected chi connectivity index (χ1v) is 10.2. The highest BCUT2D eigenvalue weighted by molar-refractivity contribution is 5.88. The molecule has 2 N–H and O–H groups in total. The molecule has 4 rings (SSSR count). The molecule has 31 heavy (non-hydrogen) atoms. The topological polar surface area (TPSA) is 104 Å². The third kappa shape index (κ3) is 5.15. The number of hydrogen-bond donors (Lipinski definition) is 2. The maximum atomic E-state index is 11.7. The second-order valence-corrected chi connectivity index (χ2v) is 7.13. The Kier molecular flexibility index (Phi) is 5.28. The lowest BCUT2D eigenvalue weighted by molar-refractivity contribution is 0.247. The highest BCUT2D eigenvalue weighted by atomic mass is 16.2. The van der Waals surface area contributed by atoms with Crippen molar-refractivity contribution in [3.8, 4) is 5.82 Å². The Morgan fingerprint density at radius 1 is 1.23 bits per heavy atom. The molecule has 0 aromatic carbocycles. The van der Waals surface area contributed by atoms with Crippen LogP contribution in [0.1, 0.15) is 22.4 Å². The van der Waals surface area contributed by atoms with Gasteiger partial charge in [-0.15, -0.1) is 0 Å². The number of piperazine rings is 1. The van der Waals surface area contributed by atoms with Crippen LogP contribution in [0.5, 0.6) is 0 Å². The minimum absolute atomic E-state index is 0.0748. The number of pyridine rings is 1. The minimum Gasteiger partial charge on any atom is -0.368 e. The number of nitrogens with one attached hydrogen (secondary N) is 2. The van der Waals surface area contributed by atoms with E-state index in [1.165, 1.54) is 6.33 Å². The Labute approximate surface area is 185 Å². The van der Waals surface area contributed by atoms with Crippen LogP contribution >= 0.6 is 0 Å². The van der Waals surface area contributed by atoms with Gasteiger partial charge in [-0.3, -0.25) is 10.2 Å². The van der Waals surface area contributed by atoms with E-state index in [4.69, 9.17) is 4.11 Å².